The van der Waals surface area contributed by atoms with E-state index in [0.717, 1.165) is 16.9 Å². The van der Waals surface area contributed by atoms with Crippen molar-refractivity contribution in [3.05, 3.63) is 54.1 Å². The van der Waals surface area contributed by atoms with Gasteiger partial charge in [-0.3, -0.25) is 23.6 Å². The fourth-order valence-electron chi connectivity index (χ4n) is 3.83. The minimum absolute atomic E-state index is 0.115. The molecule has 0 spiro atoms. The SMILES string of the molecule is COc1ccc(N(CC(=O)O)C(=O)[C@H](CCCCN)OP(=O)(O)CCCCc2ccccc2)cc1OC. The van der Waals surface area contributed by atoms with Crippen LogP contribution in [0, 0.1) is 0 Å². The van der Waals surface area contributed by atoms with Crippen LogP contribution in [-0.2, 0) is 25.1 Å². The first-order chi connectivity index (χ1) is 17.7. The topological polar surface area (TPSA) is 149 Å². The molecular formula is C26H37N2O8P. The lowest BCUT2D eigenvalue weighted by molar-refractivity contribution is -0.137. The van der Waals surface area contributed by atoms with Crippen molar-refractivity contribution in [1.29, 1.82) is 0 Å². The third-order valence-electron chi connectivity index (χ3n) is 5.72. The number of carbonyl (C=O) groups excluding carboxylic acids is 1. The van der Waals surface area contributed by atoms with Gasteiger partial charge >= 0.3 is 13.6 Å². The lowest BCUT2D eigenvalue weighted by Gasteiger charge is -2.28. The van der Waals surface area contributed by atoms with Crippen molar-refractivity contribution in [2.24, 2.45) is 5.73 Å². The second-order valence-corrected chi connectivity index (χ2v) is 10.5. The van der Waals surface area contributed by atoms with Crippen molar-refractivity contribution in [2.45, 2.75) is 44.6 Å². The van der Waals surface area contributed by atoms with E-state index in [2.05, 4.69) is 0 Å². The first-order valence-corrected chi connectivity index (χ1v) is 14.0. The highest BCUT2D eigenvalue weighted by Gasteiger charge is 2.33. The summed E-state index contributed by atoms with van der Waals surface area (Å²) in [5.74, 6) is -1.28. The Balaban J connectivity index is 2.18. The Hall–Kier alpha value is -2.91. The minimum Gasteiger partial charge on any atom is -0.493 e. The standard InChI is InChI=1S/C26H37N2O8P/c1-34-22-15-14-21(18-24(22)35-2)28(19-25(29)30)26(31)23(13-6-8-16-27)36-37(32,33)17-9-7-12-20-10-4-3-5-11-20/h3-5,10-11,14-15,18,23H,6-9,12-13,16-17,19,27H2,1-2H3,(H,29,30)(H,32,33)/t23-/m0/s1. The number of hydrogen-bond donors (Lipinski definition) is 3. The number of methoxy groups -OCH3 is 2. The van der Waals surface area contributed by atoms with Gasteiger partial charge in [-0.2, -0.15) is 0 Å². The Bertz CT molecular complexity index is 1050. The van der Waals surface area contributed by atoms with Crippen LogP contribution < -0.4 is 20.1 Å². The highest BCUT2D eigenvalue weighted by atomic mass is 31.2. The number of aryl methyl sites for hydroxylation is 1. The Kier molecular flexibility index (Phi) is 12.6. The zero-order valence-corrected chi connectivity index (χ0v) is 22.3. The van der Waals surface area contributed by atoms with E-state index in [4.69, 9.17) is 19.7 Å². The number of benzene rings is 2. The molecule has 0 aliphatic heterocycles. The number of carboxylic acids is 1. The van der Waals surface area contributed by atoms with Crippen molar-refractivity contribution in [3.8, 4) is 11.5 Å². The molecular weight excluding hydrogens is 499 g/mol. The van der Waals surface area contributed by atoms with Gasteiger partial charge in [-0.15, -0.1) is 0 Å². The molecule has 1 unspecified atom stereocenters. The number of carbonyl (C=O) groups is 2. The largest absolute Gasteiger partial charge is 0.493 e. The molecule has 0 bridgehead atoms. The predicted molar refractivity (Wildman–Crippen MR) is 141 cm³/mol. The van der Waals surface area contributed by atoms with E-state index < -0.39 is 32.1 Å². The molecule has 2 aromatic carbocycles. The van der Waals surface area contributed by atoms with Crippen LogP contribution in [0.5, 0.6) is 11.5 Å². The van der Waals surface area contributed by atoms with Gasteiger partial charge in [0.05, 0.1) is 20.4 Å². The number of nitrogens with two attached hydrogens (primary N) is 1. The average Bonchev–Trinajstić information content (AvgIpc) is 2.89. The van der Waals surface area contributed by atoms with Crippen LogP contribution in [0.15, 0.2) is 48.5 Å². The summed E-state index contributed by atoms with van der Waals surface area (Å²) in [5, 5.41) is 9.48. The van der Waals surface area contributed by atoms with Gasteiger partial charge in [0.15, 0.2) is 11.5 Å². The van der Waals surface area contributed by atoms with Gasteiger partial charge in [-0.25, -0.2) is 0 Å². The summed E-state index contributed by atoms with van der Waals surface area (Å²) in [7, 11) is -1.26. The number of unbranched alkanes of at least 4 members (excludes halogenated alkanes) is 2. The molecule has 0 saturated heterocycles. The molecule has 0 heterocycles. The molecule has 2 aromatic rings. The molecule has 0 radical (unpaired) electrons. The number of rotatable bonds is 17. The van der Waals surface area contributed by atoms with Gasteiger partial charge in [0.1, 0.15) is 12.6 Å². The fourth-order valence-corrected chi connectivity index (χ4v) is 5.15. The molecule has 1 amide bonds. The number of amides is 1. The van der Waals surface area contributed by atoms with Crippen LogP contribution in [0.2, 0.25) is 0 Å². The summed E-state index contributed by atoms with van der Waals surface area (Å²) < 4.78 is 28.9. The first-order valence-electron chi connectivity index (χ1n) is 12.2. The van der Waals surface area contributed by atoms with Gasteiger partial charge in [0.25, 0.3) is 5.91 Å². The number of carboxylic acid groups (broad SMARTS) is 1. The van der Waals surface area contributed by atoms with Crippen molar-refractivity contribution >= 4 is 25.2 Å². The number of nitrogens with zero attached hydrogens (tertiary/aromatic N) is 1. The van der Waals surface area contributed by atoms with Crippen LogP contribution in [0.4, 0.5) is 5.69 Å². The maximum absolute atomic E-state index is 13.5. The molecule has 11 heteroatoms. The highest BCUT2D eigenvalue weighted by Crippen LogP contribution is 2.45. The Morgan fingerprint density at radius 2 is 1.70 bits per heavy atom. The number of aliphatic carboxylic acids is 1. The van der Waals surface area contributed by atoms with Gasteiger partial charge in [0.2, 0.25) is 0 Å². The summed E-state index contributed by atoms with van der Waals surface area (Å²) in [4.78, 5) is 36.7. The molecule has 0 aliphatic rings. The molecule has 204 valence electrons. The van der Waals surface area contributed by atoms with Gasteiger partial charge in [0, 0.05) is 11.8 Å². The van der Waals surface area contributed by atoms with Crippen LogP contribution in [0.25, 0.3) is 0 Å². The quantitative estimate of drug-likeness (QED) is 0.202. The molecule has 2 atom stereocenters. The monoisotopic (exact) mass is 536 g/mol. The van der Waals surface area contributed by atoms with Gasteiger partial charge in [-0.1, -0.05) is 30.3 Å². The van der Waals surface area contributed by atoms with E-state index >= 15 is 0 Å². The maximum Gasteiger partial charge on any atom is 0.328 e. The normalized spacial score (nSPS) is 13.4. The van der Waals surface area contributed by atoms with Crippen molar-refractivity contribution in [1.82, 2.24) is 0 Å². The second kappa shape index (κ2) is 15.4. The highest BCUT2D eigenvalue weighted by molar-refractivity contribution is 7.52. The summed E-state index contributed by atoms with van der Waals surface area (Å²) in [6, 6.07) is 14.3. The van der Waals surface area contributed by atoms with E-state index in [9.17, 15) is 24.2 Å². The second-order valence-electron chi connectivity index (χ2n) is 8.54. The zero-order chi connectivity index (χ0) is 27.3. The Morgan fingerprint density at radius 1 is 1.00 bits per heavy atom. The Labute approximate surface area is 217 Å². The van der Waals surface area contributed by atoms with Crippen LogP contribution in [0.3, 0.4) is 0 Å². The van der Waals surface area contributed by atoms with Gasteiger partial charge in [-0.05, 0) is 62.8 Å². The van der Waals surface area contributed by atoms with Crippen molar-refractivity contribution in [3.63, 3.8) is 0 Å². The Morgan fingerprint density at radius 3 is 2.32 bits per heavy atom. The van der Waals surface area contributed by atoms with E-state index in [-0.39, 0.29) is 18.3 Å². The fraction of sp³-hybridized carbons (Fsp3) is 0.462. The molecule has 0 fully saturated rings. The third kappa shape index (κ3) is 10.2. The summed E-state index contributed by atoms with van der Waals surface area (Å²) >= 11 is 0. The van der Waals surface area contributed by atoms with Crippen LogP contribution >= 0.6 is 7.60 Å². The van der Waals surface area contributed by atoms with Crippen LogP contribution in [-0.4, -0.2) is 61.5 Å². The van der Waals surface area contributed by atoms with E-state index in [0.29, 0.717) is 43.7 Å². The summed E-state index contributed by atoms with van der Waals surface area (Å²) in [5.41, 5.74) is 6.94. The lowest BCUT2D eigenvalue weighted by Crippen LogP contribution is -2.43. The first kappa shape index (κ1) is 30.3. The summed E-state index contributed by atoms with van der Waals surface area (Å²) in [6.45, 7) is -0.288. The van der Waals surface area contributed by atoms with Gasteiger partial charge < -0.3 is 25.2 Å². The number of anilines is 1. The third-order valence-corrected chi connectivity index (χ3v) is 7.19. The molecule has 37 heavy (non-hydrogen) atoms. The molecule has 0 saturated carbocycles. The van der Waals surface area contributed by atoms with Crippen molar-refractivity contribution in [2.75, 3.05) is 38.4 Å². The van der Waals surface area contributed by atoms with Crippen molar-refractivity contribution < 1.29 is 38.2 Å². The average molecular weight is 537 g/mol. The summed E-state index contributed by atoms with van der Waals surface area (Å²) in [6.07, 6.45) is 1.60. The minimum atomic E-state index is -4.14. The maximum atomic E-state index is 13.5. The van der Waals surface area contributed by atoms with Crippen LogP contribution in [0.1, 0.15) is 37.7 Å². The van der Waals surface area contributed by atoms with E-state index in [1.165, 1.54) is 26.4 Å². The zero-order valence-electron chi connectivity index (χ0n) is 21.4. The van der Waals surface area contributed by atoms with E-state index in [1.54, 1.807) is 6.07 Å². The molecule has 4 N–H and O–H groups in total. The molecule has 2 rings (SSSR count). The lowest BCUT2D eigenvalue weighted by atomic mass is 10.1. The predicted octanol–water partition coefficient (Wildman–Crippen LogP) is 3.84. The smallest absolute Gasteiger partial charge is 0.328 e. The van der Waals surface area contributed by atoms with E-state index in [1.807, 2.05) is 30.3 Å². The number of ether oxygens (including phenoxy) is 2. The molecule has 0 aliphatic carbocycles. The molecule has 10 nitrogen and oxygen atoms in total. The number of hydrogen-bond acceptors (Lipinski definition) is 7. The molecule has 0 aromatic heterocycles.